The largest absolute Gasteiger partial charge is 0.396 e. The molecule has 2 amide bonds. The SMILES string of the molecule is O=C(N[C@H](Cc1ccc(Cl)cc1)C(=O)N1CCC(c2ccccc2CCO)CC1)C1N[CH]Cc2ccccc21. The Balaban J connectivity index is 1.31. The Morgan fingerprint density at radius 1 is 0.974 bits per heavy atom. The monoisotopic (exact) mass is 544 g/mol. The van der Waals surface area contributed by atoms with Crippen molar-refractivity contribution in [1.29, 1.82) is 0 Å². The molecule has 2 aliphatic rings. The summed E-state index contributed by atoms with van der Waals surface area (Å²) in [5.41, 5.74) is 5.44. The van der Waals surface area contributed by atoms with Crippen molar-refractivity contribution in [3.8, 4) is 0 Å². The van der Waals surface area contributed by atoms with E-state index in [0.29, 0.717) is 36.9 Å². The van der Waals surface area contributed by atoms with Crippen LogP contribution in [0.3, 0.4) is 0 Å². The number of aliphatic hydroxyl groups is 1. The van der Waals surface area contributed by atoms with E-state index in [0.717, 1.165) is 36.0 Å². The molecule has 6 nitrogen and oxygen atoms in total. The van der Waals surface area contributed by atoms with E-state index in [1.54, 1.807) is 0 Å². The fourth-order valence-corrected chi connectivity index (χ4v) is 5.94. The van der Waals surface area contributed by atoms with Gasteiger partial charge in [0.25, 0.3) is 0 Å². The summed E-state index contributed by atoms with van der Waals surface area (Å²) in [6.07, 6.45) is 3.48. The van der Waals surface area contributed by atoms with Gasteiger partial charge in [-0.2, -0.15) is 0 Å². The molecule has 1 saturated heterocycles. The molecule has 0 aromatic heterocycles. The quantitative estimate of drug-likeness (QED) is 0.394. The number of benzene rings is 3. The maximum absolute atomic E-state index is 13.9. The Labute approximate surface area is 235 Å². The highest BCUT2D eigenvalue weighted by molar-refractivity contribution is 6.30. The molecular formula is C32H35ClN3O3. The molecule has 2 atom stereocenters. The molecule has 0 spiro atoms. The molecule has 203 valence electrons. The number of nitrogens with one attached hydrogen (secondary N) is 2. The van der Waals surface area contributed by atoms with Gasteiger partial charge in [0.1, 0.15) is 12.1 Å². The van der Waals surface area contributed by atoms with Gasteiger partial charge in [0.15, 0.2) is 0 Å². The average Bonchev–Trinajstić information content (AvgIpc) is 2.98. The Morgan fingerprint density at radius 3 is 2.41 bits per heavy atom. The first-order valence-corrected chi connectivity index (χ1v) is 14.1. The fraction of sp³-hybridized carbons (Fsp3) is 0.344. The zero-order chi connectivity index (χ0) is 27.2. The maximum atomic E-state index is 13.9. The van der Waals surface area contributed by atoms with Crippen LogP contribution in [0.1, 0.15) is 52.6 Å². The van der Waals surface area contributed by atoms with Crippen molar-refractivity contribution in [2.24, 2.45) is 0 Å². The number of nitrogens with zero attached hydrogens (tertiary/aromatic N) is 1. The number of piperidine rings is 1. The third-order valence-electron chi connectivity index (χ3n) is 7.89. The predicted octanol–water partition coefficient (Wildman–Crippen LogP) is 4.36. The minimum absolute atomic E-state index is 0.0616. The molecule has 0 aliphatic carbocycles. The maximum Gasteiger partial charge on any atom is 0.245 e. The van der Waals surface area contributed by atoms with Gasteiger partial charge in [0.05, 0.1) is 0 Å². The van der Waals surface area contributed by atoms with Crippen molar-refractivity contribution in [1.82, 2.24) is 15.5 Å². The number of carbonyl (C=O) groups excluding carboxylic acids is 2. The summed E-state index contributed by atoms with van der Waals surface area (Å²) in [4.78, 5) is 29.3. The fourth-order valence-electron chi connectivity index (χ4n) is 5.82. The van der Waals surface area contributed by atoms with Crippen LogP contribution < -0.4 is 10.6 Å². The summed E-state index contributed by atoms with van der Waals surface area (Å²) >= 11 is 6.09. The van der Waals surface area contributed by atoms with Gasteiger partial charge in [-0.1, -0.05) is 72.3 Å². The van der Waals surface area contributed by atoms with Gasteiger partial charge in [-0.25, -0.2) is 0 Å². The lowest BCUT2D eigenvalue weighted by atomic mass is 9.85. The van der Waals surface area contributed by atoms with Gasteiger partial charge in [-0.15, -0.1) is 0 Å². The summed E-state index contributed by atoms with van der Waals surface area (Å²) in [6.45, 7) is 3.28. The number of hydrogen-bond donors (Lipinski definition) is 3. The van der Waals surface area contributed by atoms with Crippen molar-refractivity contribution in [2.75, 3.05) is 19.7 Å². The average molecular weight is 545 g/mol. The first-order valence-electron chi connectivity index (χ1n) is 13.7. The second-order valence-corrected chi connectivity index (χ2v) is 10.8. The number of halogens is 1. The number of likely N-dealkylation sites (tertiary alicyclic amines) is 1. The van der Waals surface area contributed by atoms with Crippen LogP contribution in [0, 0.1) is 6.54 Å². The van der Waals surface area contributed by atoms with E-state index in [4.69, 9.17) is 11.6 Å². The molecule has 3 aromatic rings. The number of carbonyl (C=O) groups is 2. The Bertz CT molecular complexity index is 1290. The van der Waals surface area contributed by atoms with E-state index in [9.17, 15) is 14.7 Å². The van der Waals surface area contributed by atoms with E-state index < -0.39 is 12.1 Å². The van der Waals surface area contributed by atoms with E-state index in [-0.39, 0.29) is 18.4 Å². The third-order valence-corrected chi connectivity index (χ3v) is 8.14. The summed E-state index contributed by atoms with van der Waals surface area (Å²) in [5, 5.41) is 16.4. The lowest BCUT2D eigenvalue weighted by molar-refractivity contribution is -0.137. The summed E-state index contributed by atoms with van der Waals surface area (Å²) in [6, 6.07) is 22.4. The highest BCUT2D eigenvalue weighted by atomic mass is 35.5. The molecule has 5 rings (SSSR count). The third kappa shape index (κ3) is 6.52. The number of aliphatic hydroxyl groups excluding tert-OH is 1. The molecule has 3 N–H and O–H groups in total. The van der Waals surface area contributed by atoms with Gasteiger partial charge in [-0.3, -0.25) is 14.9 Å². The molecule has 1 unspecified atom stereocenters. The van der Waals surface area contributed by atoms with Crippen LogP contribution in [0.2, 0.25) is 5.02 Å². The first-order chi connectivity index (χ1) is 19.0. The van der Waals surface area contributed by atoms with Crippen molar-refractivity contribution in [3.63, 3.8) is 0 Å². The molecule has 7 heteroatoms. The number of hydrogen-bond acceptors (Lipinski definition) is 4. The Kier molecular flexibility index (Phi) is 8.97. The molecule has 39 heavy (non-hydrogen) atoms. The van der Waals surface area contributed by atoms with Crippen molar-refractivity contribution in [3.05, 3.63) is 112 Å². The van der Waals surface area contributed by atoms with Gasteiger partial charge in [0.2, 0.25) is 11.8 Å². The van der Waals surface area contributed by atoms with Crippen molar-refractivity contribution < 1.29 is 14.7 Å². The van der Waals surface area contributed by atoms with Crippen LogP contribution in [0.15, 0.2) is 72.8 Å². The van der Waals surface area contributed by atoms with Crippen LogP contribution in [-0.2, 0) is 28.9 Å². The molecule has 2 heterocycles. The first kappa shape index (κ1) is 27.4. The second kappa shape index (κ2) is 12.8. The zero-order valence-corrected chi connectivity index (χ0v) is 22.7. The van der Waals surface area contributed by atoms with E-state index in [2.05, 4.69) is 22.8 Å². The lowest BCUT2D eigenvalue weighted by Crippen LogP contribution is -2.53. The zero-order valence-electron chi connectivity index (χ0n) is 22.0. The number of fused-ring (bicyclic) bond motifs is 1. The van der Waals surface area contributed by atoms with Gasteiger partial charge < -0.3 is 15.3 Å². The van der Waals surface area contributed by atoms with E-state index in [1.807, 2.05) is 72.1 Å². The number of rotatable bonds is 8. The summed E-state index contributed by atoms with van der Waals surface area (Å²) < 4.78 is 0. The lowest BCUT2D eigenvalue weighted by Gasteiger charge is -2.36. The molecular weight excluding hydrogens is 510 g/mol. The van der Waals surface area contributed by atoms with Crippen LogP contribution >= 0.6 is 11.6 Å². The predicted molar refractivity (Wildman–Crippen MR) is 153 cm³/mol. The summed E-state index contributed by atoms with van der Waals surface area (Å²) in [5.74, 6) is 0.0755. The topological polar surface area (TPSA) is 81.7 Å². The Morgan fingerprint density at radius 2 is 1.67 bits per heavy atom. The highest BCUT2D eigenvalue weighted by Crippen LogP contribution is 2.31. The standard InChI is InChI=1S/C32H35ClN3O3/c33-26-11-9-22(10-12-26)21-29(35-31(38)30-28-8-4-2-5-23(28)13-17-34-30)32(39)36-18-14-25(15-19-36)27-7-3-1-6-24(27)16-20-37/h1-12,17,25,29-30,34,37H,13-16,18-21H2,(H,35,38)/t29-,30?/m1/s1. The van der Waals surface area contributed by atoms with Gasteiger partial charge in [0, 0.05) is 37.7 Å². The molecule has 2 aliphatic heterocycles. The molecule has 0 saturated carbocycles. The number of amides is 2. The van der Waals surface area contributed by atoms with Crippen molar-refractivity contribution >= 4 is 23.4 Å². The van der Waals surface area contributed by atoms with Crippen LogP contribution in [-0.4, -0.2) is 47.6 Å². The molecule has 1 radical (unpaired) electrons. The smallest absolute Gasteiger partial charge is 0.245 e. The van der Waals surface area contributed by atoms with Gasteiger partial charge in [-0.05, 0) is 71.6 Å². The summed E-state index contributed by atoms with van der Waals surface area (Å²) in [7, 11) is 0. The van der Waals surface area contributed by atoms with Crippen LogP contribution in [0.5, 0.6) is 0 Å². The van der Waals surface area contributed by atoms with Crippen LogP contribution in [0.4, 0.5) is 0 Å². The van der Waals surface area contributed by atoms with Crippen LogP contribution in [0.25, 0.3) is 0 Å². The highest BCUT2D eigenvalue weighted by Gasteiger charge is 2.33. The second-order valence-electron chi connectivity index (χ2n) is 10.4. The molecule has 0 bridgehead atoms. The van der Waals surface area contributed by atoms with E-state index >= 15 is 0 Å². The minimum Gasteiger partial charge on any atom is -0.396 e. The normalized spacial score (nSPS) is 18.3. The van der Waals surface area contributed by atoms with E-state index in [1.165, 1.54) is 11.1 Å². The molecule has 3 aromatic carbocycles. The Hall–Kier alpha value is -3.19. The minimum atomic E-state index is -0.687. The molecule has 1 fully saturated rings. The van der Waals surface area contributed by atoms with Crippen molar-refractivity contribution in [2.45, 2.75) is 50.1 Å². The van der Waals surface area contributed by atoms with Gasteiger partial charge >= 0.3 is 0 Å².